The second-order valence-electron chi connectivity index (χ2n) is 6.34. The van der Waals surface area contributed by atoms with Crippen molar-refractivity contribution in [3.63, 3.8) is 0 Å². The number of halogens is 1. The topological polar surface area (TPSA) is 113 Å². The third-order valence-electron chi connectivity index (χ3n) is 4.21. The van der Waals surface area contributed by atoms with Gasteiger partial charge >= 0.3 is 12.0 Å². The molecular weight excluding hydrogens is 412 g/mol. The van der Waals surface area contributed by atoms with Crippen LogP contribution in [0, 0.1) is 0 Å². The van der Waals surface area contributed by atoms with Gasteiger partial charge in [-0.25, -0.2) is 14.5 Å². The minimum absolute atomic E-state index is 0.00731. The first kappa shape index (κ1) is 21.1. The number of nitrogens with one attached hydrogen (secondary N) is 1. The van der Waals surface area contributed by atoms with Crippen LogP contribution in [0.25, 0.3) is 6.08 Å². The van der Waals surface area contributed by atoms with Gasteiger partial charge in [-0.2, -0.15) is 0 Å². The summed E-state index contributed by atoms with van der Waals surface area (Å²) in [7, 11) is 0. The summed E-state index contributed by atoms with van der Waals surface area (Å²) in [5, 5.41) is 11.5. The first-order valence-electron chi connectivity index (χ1n) is 8.99. The van der Waals surface area contributed by atoms with Crippen molar-refractivity contribution in [2.45, 2.75) is 13.3 Å². The van der Waals surface area contributed by atoms with E-state index in [2.05, 4.69) is 5.32 Å². The Hall–Kier alpha value is -3.65. The van der Waals surface area contributed by atoms with Gasteiger partial charge < -0.3 is 9.84 Å². The highest BCUT2D eigenvalue weighted by atomic mass is 35.5. The van der Waals surface area contributed by atoms with E-state index in [-0.39, 0.29) is 16.8 Å². The van der Waals surface area contributed by atoms with Gasteiger partial charge in [-0.3, -0.25) is 14.9 Å². The Morgan fingerprint density at radius 3 is 2.50 bits per heavy atom. The number of rotatable bonds is 6. The van der Waals surface area contributed by atoms with E-state index >= 15 is 0 Å². The first-order chi connectivity index (χ1) is 14.3. The van der Waals surface area contributed by atoms with Gasteiger partial charge in [0.1, 0.15) is 11.3 Å². The zero-order chi connectivity index (χ0) is 21.8. The highest BCUT2D eigenvalue weighted by molar-refractivity contribution is 6.39. The lowest BCUT2D eigenvalue weighted by molar-refractivity contribution is -0.122. The van der Waals surface area contributed by atoms with Gasteiger partial charge in [-0.05, 0) is 55.0 Å². The molecule has 0 unspecified atom stereocenters. The molecule has 4 amide bonds. The summed E-state index contributed by atoms with van der Waals surface area (Å²) < 4.78 is 5.64. The third kappa shape index (κ3) is 4.33. The van der Waals surface area contributed by atoms with Crippen molar-refractivity contribution in [3.05, 3.63) is 64.2 Å². The van der Waals surface area contributed by atoms with Gasteiger partial charge in [0.25, 0.3) is 11.8 Å². The number of hydrogen-bond donors (Lipinski definition) is 2. The molecule has 154 valence electrons. The van der Waals surface area contributed by atoms with Crippen LogP contribution in [0.2, 0.25) is 5.02 Å². The smallest absolute Gasteiger partial charge is 0.335 e. The largest absolute Gasteiger partial charge is 0.493 e. The highest BCUT2D eigenvalue weighted by Gasteiger charge is 2.37. The second-order valence-corrected chi connectivity index (χ2v) is 6.78. The van der Waals surface area contributed by atoms with Crippen molar-refractivity contribution in [1.82, 2.24) is 5.32 Å². The van der Waals surface area contributed by atoms with Gasteiger partial charge in [-0.1, -0.05) is 18.5 Å². The Balaban J connectivity index is 2.00. The van der Waals surface area contributed by atoms with Crippen LogP contribution < -0.4 is 15.0 Å². The fraction of sp³-hybridized carbons (Fsp3) is 0.143. The van der Waals surface area contributed by atoms with Crippen LogP contribution in [-0.4, -0.2) is 35.5 Å². The number of carbonyl (C=O) groups excluding carboxylic acids is 3. The molecule has 2 aromatic carbocycles. The van der Waals surface area contributed by atoms with Crippen LogP contribution in [0.5, 0.6) is 5.75 Å². The number of barbiturate groups is 1. The van der Waals surface area contributed by atoms with Crippen molar-refractivity contribution in [1.29, 1.82) is 0 Å². The molecule has 0 spiro atoms. The molecule has 1 saturated heterocycles. The molecule has 0 aromatic heterocycles. The maximum absolute atomic E-state index is 13.0. The van der Waals surface area contributed by atoms with Gasteiger partial charge in [0.2, 0.25) is 0 Å². The lowest BCUT2D eigenvalue weighted by Crippen LogP contribution is -2.54. The molecule has 9 heteroatoms. The highest BCUT2D eigenvalue weighted by Crippen LogP contribution is 2.28. The average molecular weight is 429 g/mol. The number of aromatic carboxylic acids is 1. The van der Waals surface area contributed by atoms with E-state index < -0.39 is 23.8 Å². The predicted octanol–water partition coefficient (Wildman–Crippen LogP) is 3.49. The monoisotopic (exact) mass is 428 g/mol. The zero-order valence-electron chi connectivity index (χ0n) is 15.8. The van der Waals surface area contributed by atoms with Gasteiger partial charge in [0.15, 0.2) is 0 Å². The number of urea groups is 1. The number of hydrogen-bond acceptors (Lipinski definition) is 5. The maximum Gasteiger partial charge on any atom is 0.335 e. The fourth-order valence-corrected chi connectivity index (χ4v) is 2.96. The Morgan fingerprint density at radius 2 is 1.87 bits per heavy atom. The minimum atomic E-state index is -1.15. The Kier molecular flexibility index (Phi) is 6.17. The lowest BCUT2D eigenvalue weighted by atomic mass is 10.1. The number of amides is 4. The predicted molar refractivity (Wildman–Crippen MR) is 110 cm³/mol. The number of carboxylic acid groups (broad SMARTS) is 1. The average Bonchev–Trinajstić information content (AvgIpc) is 2.70. The van der Waals surface area contributed by atoms with Crippen LogP contribution in [0.15, 0.2) is 48.0 Å². The fourth-order valence-electron chi connectivity index (χ4n) is 2.78. The molecule has 0 bridgehead atoms. The van der Waals surface area contributed by atoms with Crippen LogP contribution >= 0.6 is 11.6 Å². The molecule has 0 radical (unpaired) electrons. The SMILES string of the molecule is CCCOc1ccc(Cl)cc1/C=C1\C(=O)NC(=O)N(c2ccc(C(=O)O)cc2)C1=O. The summed E-state index contributed by atoms with van der Waals surface area (Å²) in [5.74, 6) is -2.42. The number of carbonyl (C=O) groups is 4. The van der Waals surface area contributed by atoms with Crippen molar-refractivity contribution in [3.8, 4) is 5.75 Å². The summed E-state index contributed by atoms with van der Waals surface area (Å²) in [6.45, 7) is 2.36. The Labute approximate surface area is 176 Å². The first-order valence-corrected chi connectivity index (χ1v) is 9.36. The van der Waals surface area contributed by atoms with E-state index in [4.69, 9.17) is 21.4 Å². The molecule has 2 aromatic rings. The molecule has 8 nitrogen and oxygen atoms in total. The van der Waals surface area contributed by atoms with E-state index in [0.29, 0.717) is 22.9 Å². The molecule has 0 aliphatic carbocycles. The Morgan fingerprint density at radius 1 is 1.17 bits per heavy atom. The molecule has 1 aliphatic rings. The van der Waals surface area contributed by atoms with Crippen LogP contribution in [0.3, 0.4) is 0 Å². The summed E-state index contributed by atoms with van der Waals surface area (Å²) in [4.78, 5) is 49.4. The molecule has 2 N–H and O–H groups in total. The standard InChI is InChI=1S/C21H17ClN2O6/c1-2-9-30-17-8-5-14(22)10-13(17)11-16-18(25)23-21(29)24(19(16)26)15-6-3-12(4-7-15)20(27)28/h3-8,10-11H,2,9H2,1H3,(H,27,28)(H,23,25,29)/b16-11+. The molecule has 1 aliphatic heterocycles. The van der Waals surface area contributed by atoms with E-state index in [9.17, 15) is 19.2 Å². The van der Waals surface area contributed by atoms with E-state index in [0.717, 1.165) is 11.3 Å². The molecule has 1 heterocycles. The summed E-state index contributed by atoms with van der Waals surface area (Å²) >= 11 is 6.05. The zero-order valence-corrected chi connectivity index (χ0v) is 16.6. The number of carboxylic acids is 1. The summed E-state index contributed by atoms with van der Waals surface area (Å²) in [6.07, 6.45) is 2.06. The lowest BCUT2D eigenvalue weighted by Gasteiger charge is -2.26. The normalized spacial score (nSPS) is 15.3. The number of ether oxygens (including phenoxy) is 1. The molecule has 0 atom stereocenters. The van der Waals surface area contributed by atoms with Crippen molar-refractivity contribution < 1.29 is 29.0 Å². The van der Waals surface area contributed by atoms with Crippen LogP contribution in [0.1, 0.15) is 29.3 Å². The number of nitrogens with zero attached hydrogens (tertiary/aromatic N) is 1. The molecule has 3 rings (SSSR count). The van der Waals surface area contributed by atoms with E-state index in [1.165, 1.54) is 30.3 Å². The number of benzene rings is 2. The quantitative estimate of drug-likeness (QED) is 0.538. The Bertz CT molecular complexity index is 1060. The number of imide groups is 2. The number of anilines is 1. The van der Waals surface area contributed by atoms with E-state index in [1.54, 1.807) is 18.2 Å². The van der Waals surface area contributed by atoms with Crippen molar-refractivity contribution in [2.24, 2.45) is 0 Å². The molecule has 0 saturated carbocycles. The maximum atomic E-state index is 13.0. The molecule has 1 fully saturated rings. The van der Waals surface area contributed by atoms with Crippen molar-refractivity contribution >= 4 is 47.2 Å². The van der Waals surface area contributed by atoms with Crippen LogP contribution in [-0.2, 0) is 9.59 Å². The van der Waals surface area contributed by atoms with E-state index in [1.807, 2.05) is 6.92 Å². The molecule has 30 heavy (non-hydrogen) atoms. The minimum Gasteiger partial charge on any atom is -0.493 e. The van der Waals surface area contributed by atoms with Crippen molar-refractivity contribution in [2.75, 3.05) is 11.5 Å². The summed E-state index contributed by atoms with van der Waals surface area (Å²) in [6, 6.07) is 8.99. The van der Waals surface area contributed by atoms with Gasteiger partial charge in [0.05, 0.1) is 17.9 Å². The van der Waals surface area contributed by atoms with Crippen LogP contribution in [0.4, 0.5) is 10.5 Å². The summed E-state index contributed by atoms with van der Waals surface area (Å²) in [5.41, 5.74) is 0.229. The molecular formula is C21H17ClN2O6. The van der Waals surface area contributed by atoms with Gasteiger partial charge in [0, 0.05) is 10.6 Å². The second kappa shape index (κ2) is 8.79. The van der Waals surface area contributed by atoms with Gasteiger partial charge in [-0.15, -0.1) is 0 Å². The third-order valence-corrected chi connectivity index (χ3v) is 4.44.